The number of thiazole rings is 1. The van der Waals surface area contributed by atoms with E-state index >= 15 is 0 Å². The van der Waals surface area contributed by atoms with Crippen LogP contribution in [0.3, 0.4) is 0 Å². The van der Waals surface area contributed by atoms with Gasteiger partial charge in [0.25, 0.3) is 11.8 Å². The highest BCUT2D eigenvalue weighted by atomic mass is 32.2. The van der Waals surface area contributed by atoms with Gasteiger partial charge in [-0.25, -0.2) is 18.2 Å². The number of anilines is 1. The van der Waals surface area contributed by atoms with Crippen LogP contribution in [0.2, 0.25) is 0 Å². The van der Waals surface area contributed by atoms with E-state index in [4.69, 9.17) is 9.84 Å². The van der Waals surface area contributed by atoms with Crippen molar-refractivity contribution in [2.75, 3.05) is 18.2 Å². The Morgan fingerprint density at radius 1 is 1.05 bits per heavy atom. The SMILES string of the molecule is CS(=O)(=O)n1ccc(C(=O)N[C@@H](COCc2ccc(C(=O)O)cc2)C(=O)Nc2nc(-c3ccccc3)cs2)c1. The second-order valence-electron chi connectivity index (χ2n) is 8.43. The molecule has 2 amide bonds. The van der Waals surface area contributed by atoms with E-state index in [9.17, 15) is 22.8 Å². The predicted molar refractivity (Wildman–Crippen MR) is 145 cm³/mol. The Morgan fingerprint density at radius 3 is 2.41 bits per heavy atom. The highest BCUT2D eigenvalue weighted by molar-refractivity contribution is 7.89. The van der Waals surface area contributed by atoms with E-state index in [2.05, 4.69) is 15.6 Å². The lowest BCUT2D eigenvalue weighted by Gasteiger charge is -2.18. The van der Waals surface area contributed by atoms with Gasteiger partial charge in [-0.2, -0.15) is 0 Å². The van der Waals surface area contributed by atoms with Crippen LogP contribution in [0.25, 0.3) is 11.3 Å². The fourth-order valence-electron chi connectivity index (χ4n) is 3.45. The van der Waals surface area contributed by atoms with Crippen LogP contribution < -0.4 is 10.6 Å². The van der Waals surface area contributed by atoms with Gasteiger partial charge < -0.3 is 20.5 Å². The molecule has 202 valence electrons. The van der Waals surface area contributed by atoms with Crippen molar-refractivity contribution in [2.45, 2.75) is 12.6 Å². The number of carbonyl (C=O) groups is 3. The van der Waals surface area contributed by atoms with Crippen molar-refractivity contribution in [1.82, 2.24) is 14.3 Å². The molecule has 0 unspecified atom stereocenters. The molecule has 0 radical (unpaired) electrons. The number of carbonyl (C=O) groups excluding carboxylic acids is 2. The van der Waals surface area contributed by atoms with E-state index in [1.165, 1.54) is 35.7 Å². The molecule has 0 aliphatic heterocycles. The third-order valence-corrected chi connectivity index (χ3v) is 7.24. The van der Waals surface area contributed by atoms with Gasteiger partial charge >= 0.3 is 5.97 Å². The molecule has 13 heteroatoms. The number of hydrogen-bond donors (Lipinski definition) is 3. The number of benzene rings is 2. The molecular weight excluding hydrogens is 544 g/mol. The molecule has 0 fully saturated rings. The van der Waals surface area contributed by atoms with Crippen LogP contribution in [0.5, 0.6) is 0 Å². The molecule has 2 heterocycles. The highest BCUT2D eigenvalue weighted by Gasteiger charge is 2.24. The maximum Gasteiger partial charge on any atom is 0.335 e. The molecule has 3 N–H and O–H groups in total. The fourth-order valence-corrected chi connectivity index (χ4v) is 4.75. The first-order chi connectivity index (χ1) is 18.6. The molecule has 0 saturated carbocycles. The summed E-state index contributed by atoms with van der Waals surface area (Å²) in [7, 11) is -3.59. The van der Waals surface area contributed by atoms with Gasteiger partial charge in [0.05, 0.1) is 36.3 Å². The summed E-state index contributed by atoms with van der Waals surface area (Å²) < 4.78 is 30.1. The zero-order chi connectivity index (χ0) is 28.0. The van der Waals surface area contributed by atoms with Gasteiger partial charge in [-0.1, -0.05) is 42.5 Å². The van der Waals surface area contributed by atoms with E-state index in [1.807, 2.05) is 30.3 Å². The molecule has 39 heavy (non-hydrogen) atoms. The highest BCUT2D eigenvalue weighted by Crippen LogP contribution is 2.24. The van der Waals surface area contributed by atoms with Gasteiger partial charge in [0.2, 0.25) is 10.0 Å². The molecule has 4 aromatic rings. The van der Waals surface area contributed by atoms with Gasteiger partial charge in [-0.05, 0) is 23.8 Å². The van der Waals surface area contributed by atoms with Crippen molar-refractivity contribution < 1.29 is 32.6 Å². The molecule has 0 spiro atoms. The van der Waals surface area contributed by atoms with Crippen molar-refractivity contribution in [2.24, 2.45) is 0 Å². The Hall–Kier alpha value is -4.33. The minimum absolute atomic E-state index is 0.0445. The van der Waals surface area contributed by atoms with E-state index < -0.39 is 33.8 Å². The average molecular weight is 569 g/mol. The Labute approximate surface area is 228 Å². The van der Waals surface area contributed by atoms with Crippen LogP contribution in [0.15, 0.2) is 78.4 Å². The molecule has 4 rings (SSSR count). The van der Waals surface area contributed by atoms with Gasteiger partial charge in [0.1, 0.15) is 6.04 Å². The smallest absolute Gasteiger partial charge is 0.335 e. The minimum atomic E-state index is -3.59. The number of rotatable bonds is 11. The van der Waals surface area contributed by atoms with E-state index in [0.29, 0.717) is 16.4 Å². The third kappa shape index (κ3) is 7.37. The topological polar surface area (TPSA) is 157 Å². The number of amides is 2. The summed E-state index contributed by atoms with van der Waals surface area (Å²) in [5.41, 5.74) is 2.40. The van der Waals surface area contributed by atoms with Gasteiger partial charge in [0, 0.05) is 23.3 Å². The fraction of sp³-hybridized carbons (Fsp3) is 0.154. The van der Waals surface area contributed by atoms with Crippen molar-refractivity contribution in [1.29, 1.82) is 0 Å². The van der Waals surface area contributed by atoms with Crippen LogP contribution in [0, 0.1) is 0 Å². The van der Waals surface area contributed by atoms with Crippen molar-refractivity contribution in [3.8, 4) is 11.3 Å². The first-order valence-electron chi connectivity index (χ1n) is 11.5. The minimum Gasteiger partial charge on any atom is -0.478 e. The maximum absolute atomic E-state index is 13.1. The van der Waals surface area contributed by atoms with Crippen LogP contribution in [0.1, 0.15) is 26.3 Å². The van der Waals surface area contributed by atoms with Crippen molar-refractivity contribution >= 4 is 44.3 Å². The monoisotopic (exact) mass is 568 g/mol. The Morgan fingerprint density at radius 2 is 1.77 bits per heavy atom. The quantitative estimate of drug-likeness (QED) is 0.249. The summed E-state index contributed by atoms with van der Waals surface area (Å²) in [5, 5.41) is 16.4. The van der Waals surface area contributed by atoms with Crippen LogP contribution in [-0.4, -0.2) is 59.2 Å². The van der Waals surface area contributed by atoms with Crippen LogP contribution >= 0.6 is 11.3 Å². The van der Waals surface area contributed by atoms with E-state index in [1.54, 1.807) is 17.5 Å². The average Bonchev–Trinajstić information content (AvgIpc) is 3.59. The summed E-state index contributed by atoms with van der Waals surface area (Å²) in [5.74, 6) is -2.30. The third-order valence-electron chi connectivity index (χ3n) is 5.49. The Bertz CT molecular complexity index is 1580. The van der Waals surface area contributed by atoms with Crippen molar-refractivity contribution in [3.63, 3.8) is 0 Å². The molecule has 0 saturated heterocycles. The molecule has 2 aromatic carbocycles. The summed E-state index contributed by atoms with van der Waals surface area (Å²) in [6.45, 7) is -0.165. The molecule has 11 nitrogen and oxygen atoms in total. The number of carboxylic acid groups (broad SMARTS) is 1. The summed E-state index contributed by atoms with van der Waals surface area (Å²) >= 11 is 1.22. The standard InChI is InChI=1S/C26H24N4O7S2/c1-39(35,36)30-12-11-20(13-30)23(31)27-21(15-37-14-17-7-9-19(10-8-17)25(33)34)24(32)29-26-28-22(16-38-26)18-5-3-2-4-6-18/h2-13,16,21H,14-15H2,1H3,(H,27,31)(H,33,34)(H,28,29,32)/t21-/m0/s1. The van der Waals surface area contributed by atoms with Gasteiger partial charge in [-0.15, -0.1) is 11.3 Å². The normalized spacial score (nSPS) is 12.0. The number of nitrogens with zero attached hydrogens (tertiary/aromatic N) is 2. The largest absolute Gasteiger partial charge is 0.478 e. The lowest BCUT2D eigenvalue weighted by Crippen LogP contribution is -2.46. The van der Waals surface area contributed by atoms with Crippen molar-refractivity contribution in [3.05, 3.63) is 95.1 Å². The number of nitrogens with one attached hydrogen (secondary N) is 2. The Balaban J connectivity index is 1.46. The lowest BCUT2D eigenvalue weighted by atomic mass is 10.1. The maximum atomic E-state index is 13.1. The summed E-state index contributed by atoms with van der Waals surface area (Å²) in [6, 6.07) is 15.6. The molecule has 0 bridgehead atoms. The number of carboxylic acids is 1. The van der Waals surface area contributed by atoms with Gasteiger partial charge in [0.15, 0.2) is 5.13 Å². The first kappa shape index (κ1) is 27.7. The van der Waals surface area contributed by atoms with E-state index in [-0.39, 0.29) is 24.3 Å². The Kier molecular flexibility index (Phi) is 8.54. The zero-order valence-corrected chi connectivity index (χ0v) is 22.2. The lowest BCUT2D eigenvalue weighted by molar-refractivity contribution is -0.119. The predicted octanol–water partition coefficient (Wildman–Crippen LogP) is 3.07. The molecule has 0 aliphatic rings. The molecule has 2 aromatic heterocycles. The molecule has 0 aliphatic carbocycles. The first-order valence-corrected chi connectivity index (χ1v) is 14.2. The van der Waals surface area contributed by atoms with E-state index in [0.717, 1.165) is 22.0 Å². The number of hydrogen-bond acceptors (Lipinski definition) is 8. The molecular formula is C26H24N4O7S2. The summed E-state index contributed by atoms with van der Waals surface area (Å²) in [6.07, 6.45) is 3.38. The van der Waals surface area contributed by atoms with Crippen LogP contribution in [0.4, 0.5) is 5.13 Å². The van der Waals surface area contributed by atoms with Gasteiger partial charge in [-0.3, -0.25) is 13.6 Å². The molecule has 1 atom stereocenters. The number of aromatic carboxylic acids is 1. The number of ether oxygens (including phenoxy) is 1. The summed E-state index contributed by atoms with van der Waals surface area (Å²) in [4.78, 5) is 41.5. The van der Waals surface area contributed by atoms with Crippen LogP contribution in [-0.2, 0) is 26.2 Å². The number of aromatic nitrogens is 2. The second kappa shape index (κ2) is 12.0. The second-order valence-corrected chi connectivity index (χ2v) is 11.2. The zero-order valence-electron chi connectivity index (χ0n) is 20.6.